The molecule has 0 saturated carbocycles. The van der Waals surface area contributed by atoms with Crippen molar-refractivity contribution in [2.45, 2.75) is 10.4 Å². The molecule has 0 spiro atoms. The predicted octanol–water partition coefficient (Wildman–Crippen LogP) is 2.88. The van der Waals surface area contributed by atoms with Crippen molar-refractivity contribution in [1.82, 2.24) is 14.8 Å². The number of nitrogens with zero attached hydrogens (tertiary/aromatic N) is 3. The van der Waals surface area contributed by atoms with Gasteiger partial charge in [-0.2, -0.15) is 18.3 Å². The van der Waals surface area contributed by atoms with Gasteiger partial charge in [0.25, 0.3) is 0 Å². The van der Waals surface area contributed by atoms with E-state index in [0.29, 0.717) is 5.69 Å². The van der Waals surface area contributed by atoms with Crippen molar-refractivity contribution < 1.29 is 13.2 Å². The van der Waals surface area contributed by atoms with Crippen molar-refractivity contribution in [2.75, 3.05) is 0 Å². The molecular formula is C9H6F3N3S. The minimum absolute atomic E-state index is 0.139. The van der Waals surface area contributed by atoms with Gasteiger partial charge in [0, 0.05) is 4.90 Å². The Morgan fingerprint density at radius 1 is 1.12 bits per heavy atom. The highest BCUT2D eigenvalue weighted by Crippen LogP contribution is 2.36. The molecule has 0 amide bonds. The summed E-state index contributed by atoms with van der Waals surface area (Å²) in [6.07, 6.45) is 2.84. The molecule has 0 N–H and O–H groups in total. The van der Waals surface area contributed by atoms with Crippen LogP contribution in [0.3, 0.4) is 0 Å². The Bertz CT molecular complexity index is 450. The Labute approximate surface area is 93.3 Å². The second kappa shape index (κ2) is 4.17. The summed E-state index contributed by atoms with van der Waals surface area (Å²) in [5.74, 6) is 0. The number of hydrogen-bond acceptors (Lipinski definition) is 3. The number of rotatable bonds is 2. The van der Waals surface area contributed by atoms with Crippen molar-refractivity contribution in [3.05, 3.63) is 36.9 Å². The molecule has 84 valence electrons. The van der Waals surface area contributed by atoms with Crippen LogP contribution in [0.5, 0.6) is 0 Å². The molecule has 0 bridgehead atoms. The Balaban J connectivity index is 2.17. The minimum atomic E-state index is -4.26. The lowest BCUT2D eigenvalue weighted by Crippen LogP contribution is -1.99. The Kier molecular flexibility index (Phi) is 2.86. The van der Waals surface area contributed by atoms with E-state index in [1.54, 1.807) is 12.1 Å². The number of halogens is 3. The number of alkyl halides is 3. The largest absolute Gasteiger partial charge is 0.446 e. The van der Waals surface area contributed by atoms with E-state index in [2.05, 4.69) is 10.1 Å². The maximum atomic E-state index is 12.1. The molecule has 3 nitrogen and oxygen atoms in total. The molecule has 1 aromatic carbocycles. The molecule has 1 heterocycles. The summed E-state index contributed by atoms with van der Waals surface area (Å²) in [7, 11) is 0. The van der Waals surface area contributed by atoms with E-state index in [-0.39, 0.29) is 16.7 Å². The molecule has 7 heteroatoms. The summed E-state index contributed by atoms with van der Waals surface area (Å²) in [5.41, 5.74) is -3.58. The van der Waals surface area contributed by atoms with Crippen molar-refractivity contribution >= 4 is 11.8 Å². The van der Waals surface area contributed by atoms with Crippen LogP contribution in [0.15, 0.2) is 41.8 Å². The van der Waals surface area contributed by atoms with E-state index in [9.17, 15) is 13.2 Å². The van der Waals surface area contributed by atoms with Gasteiger partial charge in [-0.1, -0.05) is 0 Å². The van der Waals surface area contributed by atoms with Crippen molar-refractivity contribution in [3.63, 3.8) is 0 Å². The lowest BCUT2D eigenvalue weighted by molar-refractivity contribution is -0.0328. The summed E-state index contributed by atoms with van der Waals surface area (Å²) >= 11 is -0.139. The van der Waals surface area contributed by atoms with Gasteiger partial charge in [0.05, 0.1) is 5.69 Å². The molecule has 0 unspecified atom stereocenters. The zero-order chi connectivity index (χ0) is 11.6. The molecule has 0 fully saturated rings. The van der Waals surface area contributed by atoms with Gasteiger partial charge in [0.2, 0.25) is 0 Å². The smallest absolute Gasteiger partial charge is 0.223 e. The fraction of sp³-hybridized carbons (Fsp3) is 0.111. The molecule has 16 heavy (non-hydrogen) atoms. The molecule has 0 atom stereocenters. The minimum Gasteiger partial charge on any atom is -0.223 e. The second-order valence-corrected chi connectivity index (χ2v) is 4.02. The van der Waals surface area contributed by atoms with Gasteiger partial charge in [0.15, 0.2) is 0 Å². The summed E-state index contributed by atoms with van der Waals surface area (Å²) in [6.45, 7) is 0. The van der Waals surface area contributed by atoms with E-state index in [4.69, 9.17) is 0 Å². The van der Waals surface area contributed by atoms with Gasteiger partial charge < -0.3 is 0 Å². The SMILES string of the molecule is FC(F)(F)Sc1ccc(-n2cncn2)cc1. The first-order valence-corrected chi connectivity index (χ1v) is 5.07. The summed E-state index contributed by atoms with van der Waals surface area (Å²) in [6, 6.07) is 5.91. The number of benzene rings is 1. The van der Waals surface area contributed by atoms with E-state index in [0.717, 1.165) is 0 Å². The van der Waals surface area contributed by atoms with Crippen LogP contribution < -0.4 is 0 Å². The highest BCUT2D eigenvalue weighted by molar-refractivity contribution is 8.00. The van der Waals surface area contributed by atoms with Crippen LogP contribution in [0, 0.1) is 0 Å². The van der Waals surface area contributed by atoms with Crippen LogP contribution in [-0.2, 0) is 0 Å². The van der Waals surface area contributed by atoms with Crippen LogP contribution in [0.4, 0.5) is 13.2 Å². The number of thioether (sulfide) groups is 1. The van der Waals surface area contributed by atoms with Crippen LogP contribution >= 0.6 is 11.8 Å². The highest BCUT2D eigenvalue weighted by Gasteiger charge is 2.28. The highest BCUT2D eigenvalue weighted by atomic mass is 32.2. The molecule has 0 aliphatic carbocycles. The molecular weight excluding hydrogens is 239 g/mol. The van der Waals surface area contributed by atoms with Crippen LogP contribution in [0.2, 0.25) is 0 Å². The standard InChI is InChI=1S/C9H6F3N3S/c10-9(11,12)16-8-3-1-7(2-4-8)15-6-13-5-14-15/h1-6H. The van der Waals surface area contributed by atoms with E-state index in [1.165, 1.54) is 29.5 Å². The summed E-state index contributed by atoms with van der Waals surface area (Å²) in [5, 5.41) is 3.87. The Morgan fingerprint density at radius 2 is 1.81 bits per heavy atom. The fourth-order valence-corrected chi connectivity index (χ4v) is 1.68. The summed E-state index contributed by atoms with van der Waals surface area (Å²) in [4.78, 5) is 3.90. The topological polar surface area (TPSA) is 30.7 Å². The fourth-order valence-electron chi connectivity index (χ4n) is 1.14. The van der Waals surface area contributed by atoms with Gasteiger partial charge in [-0.05, 0) is 36.0 Å². The maximum absolute atomic E-state index is 12.1. The van der Waals surface area contributed by atoms with Crippen LogP contribution in [0.25, 0.3) is 5.69 Å². The monoisotopic (exact) mass is 245 g/mol. The average Bonchev–Trinajstić information content (AvgIpc) is 2.69. The first kappa shape index (κ1) is 11.0. The number of hydrogen-bond donors (Lipinski definition) is 0. The normalized spacial score (nSPS) is 11.7. The van der Waals surface area contributed by atoms with E-state index >= 15 is 0 Å². The summed E-state index contributed by atoms with van der Waals surface area (Å²) < 4.78 is 37.6. The van der Waals surface area contributed by atoms with Crippen molar-refractivity contribution in [3.8, 4) is 5.69 Å². The molecule has 2 aromatic rings. The second-order valence-electron chi connectivity index (χ2n) is 2.88. The molecule has 0 saturated heterocycles. The van der Waals surface area contributed by atoms with Gasteiger partial charge in [-0.15, -0.1) is 0 Å². The van der Waals surface area contributed by atoms with Gasteiger partial charge >= 0.3 is 5.51 Å². The molecule has 0 radical (unpaired) electrons. The third-order valence-corrected chi connectivity index (χ3v) is 2.49. The third kappa shape index (κ3) is 2.75. The van der Waals surface area contributed by atoms with Crippen molar-refractivity contribution in [1.29, 1.82) is 0 Å². The Morgan fingerprint density at radius 3 is 2.31 bits per heavy atom. The molecule has 2 rings (SSSR count). The first-order chi connectivity index (χ1) is 7.54. The van der Waals surface area contributed by atoms with E-state index in [1.807, 2.05) is 0 Å². The van der Waals surface area contributed by atoms with Crippen LogP contribution in [0.1, 0.15) is 0 Å². The predicted molar refractivity (Wildman–Crippen MR) is 53.3 cm³/mol. The quantitative estimate of drug-likeness (QED) is 0.762. The van der Waals surface area contributed by atoms with Crippen LogP contribution in [-0.4, -0.2) is 20.3 Å². The lowest BCUT2D eigenvalue weighted by atomic mass is 10.3. The lowest BCUT2D eigenvalue weighted by Gasteiger charge is -2.06. The first-order valence-electron chi connectivity index (χ1n) is 4.25. The van der Waals surface area contributed by atoms with E-state index < -0.39 is 5.51 Å². The van der Waals surface area contributed by atoms with Gasteiger partial charge in [0.1, 0.15) is 12.7 Å². The molecule has 0 aliphatic rings. The van der Waals surface area contributed by atoms with Gasteiger partial charge in [-0.25, -0.2) is 9.67 Å². The average molecular weight is 245 g/mol. The van der Waals surface area contributed by atoms with Gasteiger partial charge in [-0.3, -0.25) is 0 Å². The molecule has 0 aliphatic heterocycles. The third-order valence-electron chi connectivity index (χ3n) is 1.75. The zero-order valence-electron chi connectivity index (χ0n) is 7.85. The van der Waals surface area contributed by atoms with Crippen molar-refractivity contribution in [2.24, 2.45) is 0 Å². The zero-order valence-corrected chi connectivity index (χ0v) is 8.66. The molecule has 1 aromatic heterocycles. The number of aromatic nitrogens is 3. The maximum Gasteiger partial charge on any atom is 0.446 e. The Hall–Kier alpha value is -1.50.